The van der Waals surface area contributed by atoms with E-state index in [0.717, 1.165) is 18.6 Å². The van der Waals surface area contributed by atoms with Crippen LogP contribution in [0.5, 0.6) is 5.75 Å². The summed E-state index contributed by atoms with van der Waals surface area (Å²) in [7, 11) is 0. The van der Waals surface area contributed by atoms with E-state index >= 15 is 0 Å². The van der Waals surface area contributed by atoms with Crippen LogP contribution < -0.4 is 4.74 Å². The van der Waals surface area contributed by atoms with Gasteiger partial charge in [-0.15, -0.1) is 0 Å². The smallest absolute Gasteiger partial charge is 0.173 e. The van der Waals surface area contributed by atoms with Gasteiger partial charge in [-0.25, -0.2) is 0 Å². The van der Waals surface area contributed by atoms with Gasteiger partial charge >= 0.3 is 0 Å². The van der Waals surface area contributed by atoms with Crippen molar-refractivity contribution in [3.63, 3.8) is 0 Å². The van der Waals surface area contributed by atoms with Gasteiger partial charge in [0.05, 0.1) is 0 Å². The van der Waals surface area contributed by atoms with Crippen molar-refractivity contribution in [1.29, 1.82) is 0 Å². The summed E-state index contributed by atoms with van der Waals surface area (Å²) >= 11 is 0. The van der Waals surface area contributed by atoms with E-state index in [1.165, 1.54) is 37.7 Å². The predicted molar refractivity (Wildman–Crippen MR) is 70.8 cm³/mol. The van der Waals surface area contributed by atoms with Crippen molar-refractivity contribution in [2.45, 2.75) is 51.0 Å². The Morgan fingerprint density at radius 3 is 2.72 bits per heavy atom. The molecule has 0 saturated heterocycles. The fourth-order valence-electron chi connectivity index (χ4n) is 3.17. The average Bonchev–Trinajstić information content (AvgIpc) is 2.84. The van der Waals surface area contributed by atoms with E-state index in [4.69, 9.17) is 4.74 Å². The Balaban J connectivity index is 1.58. The van der Waals surface area contributed by atoms with Crippen molar-refractivity contribution in [3.8, 4) is 5.75 Å². The minimum Gasteiger partial charge on any atom is -0.482 e. The van der Waals surface area contributed by atoms with Crippen molar-refractivity contribution < 1.29 is 9.53 Å². The van der Waals surface area contributed by atoms with E-state index in [9.17, 15) is 4.79 Å². The van der Waals surface area contributed by atoms with Crippen molar-refractivity contribution in [3.05, 3.63) is 29.8 Å². The molecule has 1 atom stereocenters. The van der Waals surface area contributed by atoms with Gasteiger partial charge in [0.2, 0.25) is 0 Å². The van der Waals surface area contributed by atoms with Crippen LogP contribution in [0.3, 0.4) is 0 Å². The summed E-state index contributed by atoms with van der Waals surface area (Å²) in [4.78, 5) is 12.3. The molecule has 1 saturated carbocycles. The summed E-state index contributed by atoms with van der Waals surface area (Å²) in [6.45, 7) is 0. The number of carbonyl (C=O) groups is 1. The summed E-state index contributed by atoms with van der Waals surface area (Å²) in [5, 5.41) is 0. The molecule has 1 heterocycles. The summed E-state index contributed by atoms with van der Waals surface area (Å²) in [6, 6.07) is 8.00. The fourth-order valence-corrected chi connectivity index (χ4v) is 3.17. The second kappa shape index (κ2) is 5.13. The lowest BCUT2D eigenvalue weighted by Crippen LogP contribution is -2.27. The van der Waals surface area contributed by atoms with Crippen LogP contribution in [0.1, 0.15) is 44.1 Å². The maximum absolute atomic E-state index is 12.3. The molecule has 0 radical (unpaired) electrons. The number of Topliss-reactive ketones (excluding diaryl/α,β-unsaturated/α-hetero) is 1. The SMILES string of the molecule is O=C(CC1CCCCC1)C1Cc2ccccc2O1. The van der Waals surface area contributed by atoms with Crippen molar-refractivity contribution >= 4 is 5.78 Å². The molecular formula is C16H20O2. The lowest BCUT2D eigenvalue weighted by Gasteiger charge is -2.21. The normalized spacial score (nSPS) is 23.4. The standard InChI is InChI=1S/C16H20O2/c17-14(10-12-6-2-1-3-7-12)16-11-13-8-4-5-9-15(13)18-16/h4-5,8-9,12,16H,1-3,6-7,10-11H2. The van der Waals surface area contributed by atoms with Crippen molar-refractivity contribution in [1.82, 2.24) is 0 Å². The van der Waals surface area contributed by atoms with E-state index in [1.54, 1.807) is 0 Å². The van der Waals surface area contributed by atoms with Crippen LogP contribution in [0.15, 0.2) is 24.3 Å². The zero-order valence-corrected chi connectivity index (χ0v) is 10.7. The lowest BCUT2D eigenvalue weighted by atomic mass is 9.85. The summed E-state index contributed by atoms with van der Waals surface area (Å²) in [5.74, 6) is 1.82. The number of ketones is 1. The first-order valence-electron chi connectivity index (χ1n) is 7.10. The summed E-state index contributed by atoms with van der Waals surface area (Å²) < 4.78 is 5.76. The molecule has 2 aliphatic rings. The maximum Gasteiger partial charge on any atom is 0.173 e. The number of para-hydroxylation sites is 1. The highest BCUT2D eigenvalue weighted by atomic mass is 16.5. The quantitative estimate of drug-likeness (QED) is 0.813. The number of fused-ring (bicyclic) bond motifs is 1. The molecule has 1 aliphatic carbocycles. The first kappa shape index (κ1) is 11.8. The fraction of sp³-hybridized carbons (Fsp3) is 0.562. The number of benzene rings is 1. The number of hydrogen-bond donors (Lipinski definition) is 0. The summed E-state index contributed by atoms with van der Waals surface area (Å²) in [5.41, 5.74) is 1.18. The maximum atomic E-state index is 12.3. The number of carbonyl (C=O) groups excluding carboxylic acids is 1. The Bertz CT molecular complexity index is 407. The highest BCUT2D eigenvalue weighted by Gasteiger charge is 2.30. The molecule has 0 spiro atoms. The van der Waals surface area contributed by atoms with Crippen LogP contribution >= 0.6 is 0 Å². The van der Waals surface area contributed by atoms with E-state index in [1.807, 2.05) is 18.2 Å². The highest BCUT2D eigenvalue weighted by Crippen LogP contribution is 2.31. The molecule has 3 rings (SSSR count). The molecule has 1 fully saturated rings. The van der Waals surface area contributed by atoms with E-state index in [2.05, 4.69) is 6.07 Å². The van der Waals surface area contributed by atoms with Gasteiger partial charge in [-0.3, -0.25) is 4.79 Å². The van der Waals surface area contributed by atoms with E-state index in [-0.39, 0.29) is 6.10 Å². The topological polar surface area (TPSA) is 26.3 Å². The molecular weight excluding hydrogens is 224 g/mol. The molecule has 96 valence electrons. The summed E-state index contributed by atoms with van der Waals surface area (Å²) in [6.07, 6.45) is 7.66. The van der Waals surface area contributed by atoms with Crippen LogP contribution in [0.2, 0.25) is 0 Å². The minimum atomic E-state index is -0.218. The third-order valence-electron chi connectivity index (χ3n) is 4.22. The second-order valence-corrected chi connectivity index (χ2v) is 5.59. The zero-order valence-electron chi connectivity index (χ0n) is 10.7. The molecule has 1 unspecified atom stereocenters. The number of hydrogen-bond acceptors (Lipinski definition) is 2. The minimum absolute atomic E-state index is 0.218. The average molecular weight is 244 g/mol. The molecule has 0 aromatic heterocycles. The first-order valence-corrected chi connectivity index (χ1v) is 7.10. The van der Waals surface area contributed by atoms with Gasteiger partial charge in [0.1, 0.15) is 5.75 Å². The Kier molecular flexibility index (Phi) is 3.35. The van der Waals surface area contributed by atoms with Crippen LogP contribution in [0.4, 0.5) is 0 Å². The van der Waals surface area contributed by atoms with E-state index in [0.29, 0.717) is 11.7 Å². The number of rotatable bonds is 3. The van der Waals surface area contributed by atoms with Crippen LogP contribution in [-0.2, 0) is 11.2 Å². The van der Waals surface area contributed by atoms with Gasteiger partial charge < -0.3 is 4.74 Å². The number of ether oxygens (including phenoxy) is 1. The molecule has 1 aliphatic heterocycles. The second-order valence-electron chi connectivity index (χ2n) is 5.59. The third-order valence-corrected chi connectivity index (χ3v) is 4.22. The van der Waals surface area contributed by atoms with Gasteiger partial charge in [-0.05, 0) is 17.5 Å². The molecule has 2 heteroatoms. The van der Waals surface area contributed by atoms with E-state index < -0.39 is 0 Å². The molecule has 0 amide bonds. The Morgan fingerprint density at radius 2 is 1.94 bits per heavy atom. The highest BCUT2D eigenvalue weighted by molar-refractivity contribution is 5.84. The van der Waals surface area contributed by atoms with Crippen molar-refractivity contribution in [2.75, 3.05) is 0 Å². The molecule has 1 aromatic carbocycles. The molecule has 2 nitrogen and oxygen atoms in total. The predicted octanol–water partition coefficient (Wildman–Crippen LogP) is 3.53. The Labute approximate surface area is 108 Å². The Hall–Kier alpha value is -1.31. The van der Waals surface area contributed by atoms with Gasteiger partial charge in [-0.1, -0.05) is 50.3 Å². The van der Waals surface area contributed by atoms with Gasteiger partial charge in [0.25, 0.3) is 0 Å². The molecule has 18 heavy (non-hydrogen) atoms. The van der Waals surface area contributed by atoms with Crippen molar-refractivity contribution in [2.24, 2.45) is 5.92 Å². The Morgan fingerprint density at radius 1 is 1.17 bits per heavy atom. The van der Waals surface area contributed by atoms with Gasteiger partial charge in [-0.2, -0.15) is 0 Å². The zero-order chi connectivity index (χ0) is 12.4. The molecule has 0 bridgehead atoms. The van der Waals surface area contributed by atoms with Gasteiger partial charge in [0.15, 0.2) is 11.9 Å². The van der Waals surface area contributed by atoms with Gasteiger partial charge in [0, 0.05) is 12.8 Å². The monoisotopic (exact) mass is 244 g/mol. The van der Waals surface area contributed by atoms with Crippen LogP contribution in [0, 0.1) is 5.92 Å². The third kappa shape index (κ3) is 2.43. The molecule has 0 N–H and O–H groups in total. The first-order chi connectivity index (χ1) is 8.83. The lowest BCUT2D eigenvalue weighted by molar-refractivity contribution is -0.126. The molecule has 1 aromatic rings. The van der Waals surface area contributed by atoms with Crippen LogP contribution in [-0.4, -0.2) is 11.9 Å². The largest absolute Gasteiger partial charge is 0.482 e. The van der Waals surface area contributed by atoms with Crippen LogP contribution in [0.25, 0.3) is 0 Å².